The first-order valence-corrected chi connectivity index (χ1v) is 10.1. The van der Waals surface area contributed by atoms with E-state index in [-0.39, 0.29) is 18.4 Å². The first-order valence-electron chi connectivity index (χ1n) is 10.1. The van der Waals surface area contributed by atoms with Gasteiger partial charge in [-0.05, 0) is 42.7 Å². The Balaban J connectivity index is 1.46. The monoisotopic (exact) mass is 438 g/mol. The number of amides is 2. The molecule has 9 heteroatoms. The van der Waals surface area contributed by atoms with Crippen LogP contribution in [0.1, 0.15) is 44.8 Å². The molecule has 162 valence electrons. The van der Waals surface area contributed by atoms with Crippen LogP contribution in [0.4, 0.5) is 13.2 Å². The molecule has 0 saturated carbocycles. The van der Waals surface area contributed by atoms with Crippen LogP contribution in [0.5, 0.6) is 0 Å². The number of hydrogen-bond donors (Lipinski definition) is 0. The van der Waals surface area contributed by atoms with E-state index in [0.29, 0.717) is 41.0 Å². The van der Waals surface area contributed by atoms with Gasteiger partial charge < -0.3 is 0 Å². The fourth-order valence-electron chi connectivity index (χ4n) is 4.14. The summed E-state index contributed by atoms with van der Waals surface area (Å²) in [6, 6.07) is 11.5. The zero-order chi connectivity index (χ0) is 22.5. The van der Waals surface area contributed by atoms with Crippen LogP contribution >= 0.6 is 0 Å². The van der Waals surface area contributed by atoms with Gasteiger partial charge in [0.2, 0.25) is 0 Å². The molecule has 0 aliphatic carbocycles. The molecule has 0 saturated heterocycles. The van der Waals surface area contributed by atoms with Crippen LogP contribution < -0.4 is 0 Å². The van der Waals surface area contributed by atoms with Gasteiger partial charge in [-0.15, -0.1) is 5.10 Å². The minimum atomic E-state index is -4.41. The minimum Gasteiger partial charge on any atom is -0.270 e. The Morgan fingerprint density at radius 2 is 1.62 bits per heavy atom. The number of rotatable bonds is 3. The first-order chi connectivity index (χ1) is 15.3. The number of halogens is 3. The van der Waals surface area contributed by atoms with Crippen molar-refractivity contribution in [3.8, 4) is 11.3 Å². The molecule has 2 aliphatic heterocycles. The lowest BCUT2D eigenvalue weighted by molar-refractivity contribution is -0.137. The maximum atomic E-state index is 12.9. The molecule has 0 radical (unpaired) electrons. The topological polar surface area (TPSA) is 68.1 Å². The molecule has 3 heterocycles. The highest BCUT2D eigenvalue weighted by atomic mass is 19.4. The van der Waals surface area contributed by atoms with E-state index in [1.165, 1.54) is 17.0 Å². The van der Waals surface area contributed by atoms with Gasteiger partial charge in [0, 0.05) is 18.7 Å². The van der Waals surface area contributed by atoms with Crippen LogP contribution in [-0.4, -0.2) is 38.3 Å². The lowest BCUT2D eigenvalue weighted by Crippen LogP contribution is -2.30. The van der Waals surface area contributed by atoms with E-state index in [4.69, 9.17) is 0 Å². The molecule has 2 amide bonds. The quantitative estimate of drug-likeness (QED) is 0.567. The highest BCUT2D eigenvalue weighted by molar-refractivity contribution is 6.21. The van der Waals surface area contributed by atoms with Crippen LogP contribution in [0.25, 0.3) is 16.8 Å². The fraction of sp³-hybridized carbons (Fsp3) is 0.217. The molecule has 0 bridgehead atoms. The number of imide groups is 1. The normalized spacial score (nSPS) is 17.1. The van der Waals surface area contributed by atoms with Gasteiger partial charge >= 0.3 is 6.18 Å². The minimum absolute atomic E-state index is 0.0965. The summed E-state index contributed by atoms with van der Waals surface area (Å²) in [5, 5.41) is 8.35. The molecule has 0 unspecified atom stereocenters. The number of fused-ring (bicyclic) bond motifs is 2. The second-order valence-corrected chi connectivity index (χ2v) is 7.68. The Labute approximate surface area is 181 Å². The predicted octanol–water partition coefficient (Wildman–Crippen LogP) is 4.44. The van der Waals surface area contributed by atoms with Gasteiger partial charge in [-0.1, -0.05) is 35.6 Å². The van der Waals surface area contributed by atoms with Crippen LogP contribution in [0.3, 0.4) is 0 Å². The van der Waals surface area contributed by atoms with Crippen molar-refractivity contribution in [2.24, 2.45) is 0 Å². The third-order valence-electron chi connectivity index (χ3n) is 5.74. The summed E-state index contributed by atoms with van der Waals surface area (Å²) in [5.74, 6) is -0.680. The van der Waals surface area contributed by atoms with Gasteiger partial charge in [0.1, 0.15) is 5.69 Å². The van der Waals surface area contributed by atoms with Gasteiger partial charge in [0.05, 0.1) is 22.4 Å². The number of nitrogens with zero attached hydrogens (tertiary/aromatic N) is 4. The molecule has 32 heavy (non-hydrogen) atoms. The SMILES string of the molecule is O=C1c2ccccc2C(=O)N1CC=C1CCCn2nnc(-c3ccc(C(F)(F)F)cc3)c21. The van der Waals surface area contributed by atoms with E-state index in [2.05, 4.69) is 10.3 Å². The second-order valence-electron chi connectivity index (χ2n) is 7.68. The van der Waals surface area contributed by atoms with Gasteiger partial charge in [-0.25, -0.2) is 4.68 Å². The Hall–Kier alpha value is -3.75. The van der Waals surface area contributed by atoms with Gasteiger partial charge in [0.15, 0.2) is 0 Å². The number of carbonyl (C=O) groups excluding carboxylic acids is 2. The number of aryl methyl sites for hydroxylation is 1. The maximum Gasteiger partial charge on any atom is 0.416 e. The number of allylic oxidation sites excluding steroid dienone is 1. The molecular weight excluding hydrogens is 421 g/mol. The number of alkyl halides is 3. The Morgan fingerprint density at radius 3 is 2.25 bits per heavy atom. The van der Waals surface area contributed by atoms with E-state index in [0.717, 1.165) is 24.1 Å². The summed E-state index contributed by atoms with van der Waals surface area (Å²) in [4.78, 5) is 26.5. The van der Waals surface area contributed by atoms with Gasteiger partial charge in [0.25, 0.3) is 11.8 Å². The molecule has 2 aromatic carbocycles. The van der Waals surface area contributed by atoms with E-state index in [1.807, 2.05) is 6.08 Å². The lowest BCUT2D eigenvalue weighted by atomic mass is 9.97. The molecular formula is C23H17F3N4O2. The molecule has 3 aromatic rings. The summed E-state index contributed by atoms with van der Waals surface area (Å²) in [5.41, 5.74) is 2.59. The standard InChI is InChI=1S/C23H17F3N4O2/c24-23(25,26)16-9-7-14(8-10-16)19-20-15(4-3-12-30(20)28-27-19)11-13-29-21(31)17-5-1-2-6-18(17)22(29)32/h1-2,5-11H,3-4,12-13H2. The summed E-state index contributed by atoms with van der Waals surface area (Å²) in [6.45, 7) is 0.729. The Kier molecular flexibility index (Phi) is 4.69. The molecule has 2 aliphatic rings. The predicted molar refractivity (Wildman–Crippen MR) is 109 cm³/mol. The lowest BCUT2D eigenvalue weighted by Gasteiger charge is -2.19. The Morgan fingerprint density at radius 1 is 0.969 bits per heavy atom. The number of carbonyl (C=O) groups is 2. The van der Waals surface area contributed by atoms with Crippen molar-refractivity contribution in [1.82, 2.24) is 19.9 Å². The zero-order valence-corrected chi connectivity index (χ0v) is 16.8. The summed E-state index contributed by atoms with van der Waals surface area (Å²) < 4.78 is 40.4. The smallest absolute Gasteiger partial charge is 0.270 e. The van der Waals surface area contributed by atoms with Gasteiger partial charge in [-0.3, -0.25) is 14.5 Å². The van der Waals surface area contributed by atoms with Gasteiger partial charge in [-0.2, -0.15) is 13.2 Å². The summed E-state index contributed by atoms with van der Waals surface area (Å²) in [6.07, 6.45) is -1.12. The third-order valence-corrected chi connectivity index (χ3v) is 5.74. The fourth-order valence-corrected chi connectivity index (χ4v) is 4.14. The molecule has 5 rings (SSSR count). The van der Waals surface area contributed by atoms with Crippen LogP contribution in [0, 0.1) is 0 Å². The largest absolute Gasteiger partial charge is 0.416 e. The van der Waals surface area contributed by atoms with E-state index in [9.17, 15) is 22.8 Å². The van der Waals surface area contributed by atoms with Crippen molar-refractivity contribution in [3.05, 3.63) is 77.0 Å². The first kappa shape index (κ1) is 20.2. The zero-order valence-electron chi connectivity index (χ0n) is 16.8. The van der Waals surface area contributed by atoms with Crippen molar-refractivity contribution in [2.45, 2.75) is 25.6 Å². The number of benzene rings is 2. The number of aromatic nitrogens is 3. The van der Waals surface area contributed by atoms with E-state index in [1.54, 1.807) is 28.9 Å². The summed E-state index contributed by atoms with van der Waals surface area (Å²) >= 11 is 0. The van der Waals surface area contributed by atoms with E-state index < -0.39 is 11.7 Å². The molecule has 0 fully saturated rings. The van der Waals surface area contributed by atoms with Crippen molar-refractivity contribution in [2.75, 3.05) is 6.54 Å². The Bertz CT molecular complexity index is 1220. The molecule has 0 spiro atoms. The molecule has 0 N–H and O–H groups in total. The van der Waals surface area contributed by atoms with Crippen LogP contribution in [0.15, 0.2) is 54.6 Å². The van der Waals surface area contributed by atoms with E-state index >= 15 is 0 Å². The van der Waals surface area contributed by atoms with Crippen molar-refractivity contribution < 1.29 is 22.8 Å². The highest BCUT2D eigenvalue weighted by Crippen LogP contribution is 2.35. The molecule has 0 atom stereocenters. The third kappa shape index (κ3) is 3.30. The second kappa shape index (κ2) is 7.44. The summed E-state index contributed by atoms with van der Waals surface area (Å²) in [7, 11) is 0. The molecule has 6 nitrogen and oxygen atoms in total. The number of hydrogen-bond acceptors (Lipinski definition) is 4. The van der Waals surface area contributed by atoms with Crippen molar-refractivity contribution >= 4 is 17.4 Å². The van der Waals surface area contributed by atoms with Crippen molar-refractivity contribution in [3.63, 3.8) is 0 Å². The average molecular weight is 438 g/mol. The average Bonchev–Trinajstić information content (AvgIpc) is 3.32. The van der Waals surface area contributed by atoms with Crippen LogP contribution in [0.2, 0.25) is 0 Å². The van der Waals surface area contributed by atoms with Crippen molar-refractivity contribution in [1.29, 1.82) is 0 Å². The highest BCUT2D eigenvalue weighted by Gasteiger charge is 2.35. The maximum absolute atomic E-state index is 12.9. The van der Waals surface area contributed by atoms with Crippen LogP contribution in [-0.2, 0) is 12.7 Å². The molecule has 1 aromatic heterocycles.